The minimum Gasteiger partial charge on any atom is -0.494 e. The van der Waals surface area contributed by atoms with E-state index in [1.54, 1.807) is 0 Å². The quantitative estimate of drug-likeness (QED) is 0.578. The molecule has 3 heteroatoms. The Morgan fingerprint density at radius 2 is 1.85 bits per heavy atom. The van der Waals surface area contributed by atoms with Crippen LogP contribution in [-0.2, 0) is 6.42 Å². The zero-order chi connectivity index (χ0) is 18.7. The van der Waals surface area contributed by atoms with Crippen molar-refractivity contribution in [1.82, 2.24) is 4.57 Å². The summed E-state index contributed by atoms with van der Waals surface area (Å²) in [6, 6.07) is 15.7. The van der Waals surface area contributed by atoms with Gasteiger partial charge in [0, 0.05) is 16.6 Å². The summed E-state index contributed by atoms with van der Waals surface area (Å²) in [5.74, 6) is 1.43. The molecule has 0 unspecified atom stereocenters. The Bertz CT molecular complexity index is 904. The molecule has 0 saturated carbocycles. The second-order valence-electron chi connectivity index (χ2n) is 7.19. The summed E-state index contributed by atoms with van der Waals surface area (Å²) in [7, 11) is 0. The van der Waals surface area contributed by atoms with Crippen molar-refractivity contribution in [1.29, 1.82) is 0 Å². The SMILES string of the molecule is CCc1cccc2c1cc(C)n2C(=O)c1ccc(OCCC(C)C)cc1. The molecular weight excluding hydrogens is 322 g/mol. The van der Waals surface area contributed by atoms with Gasteiger partial charge in [0.05, 0.1) is 12.1 Å². The van der Waals surface area contributed by atoms with E-state index in [4.69, 9.17) is 4.74 Å². The van der Waals surface area contributed by atoms with Gasteiger partial charge in [-0.3, -0.25) is 9.36 Å². The van der Waals surface area contributed by atoms with Gasteiger partial charge in [0.1, 0.15) is 5.75 Å². The van der Waals surface area contributed by atoms with E-state index >= 15 is 0 Å². The number of hydrogen-bond donors (Lipinski definition) is 0. The van der Waals surface area contributed by atoms with Crippen molar-refractivity contribution in [3.63, 3.8) is 0 Å². The molecule has 0 aliphatic carbocycles. The number of nitrogens with zero attached hydrogens (tertiary/aromatic N) is 1. The average molecular weight is 349 g/mol. The maximum absolute atomic E-state index is 13.1. The second-order valence-corrected chi connectivity index (χ2v) is 7.19. The van der Waals surface area contributed by atoms with Gasteiger partial charge in [0.2, 0.25) is 0 Å². The molecule has 0 N–H and O–H groups in total. The van der Waals surface area contributed by atoms with Crippen molar-refractivity contribution in [2.24, 2.45) is 5.92 Å². The fourth-order valence-electron chi connectivity index (χ4n) is 3.24. The lowest BCUT2D eigenvalue weighted by Gasteiger charge is -2.10. The van der Waals surface area contributed by atoms with Gasteiger partial charge in [0.25, 0.3) is 5.91 Å². The fraction of sp³-hybridized carbons (Fsp3) is 0.348. The summed E-state index contributed by atoms with van der Waals surface area (Å²) in [5, 5.41) is 1.16. The van der Waals surface area contributed by atoms with Crippen molar-refractivity contribution >= 4 is 16.8 Å². The first kappa shape index (κ1) is 18.2. The highest BCUT2D eigenvalue weighted by atomic mass is 16.5. The third-order valence-electron chi connectivity index (χ3n) is 4.77. The van der Waals surface area contributed by atoms with Crippen LogP contribution < -0.4 is 4.74 Å². The number of rotatable bonds is 6. The third kappa shape index (κ3) is 3.67. The number of aryl methyl sites for hydroxylation is 2. The molecule has 3 rings (SSSR count). The molecule has 0 amide bonds. The highest BCUT2D eigenvalue weighted by Crippen LogP contribution is 2.25. The monoisotopic (exact) mass is 349 g/mol. The van der Waals surface area contributed by atoms with E-state index in [0.717, 1.165) is 35.2 Å². The third-order valence-corrected chi connectivity index (χ3v) is 4.77. The highest BCUT2D eigenvalue weighted by molar-refractivity contribution is 6.03. The molecule has 0 saturated heterocycles. The molecule has 1 heterocycles. The van der Waals surface area contributed by atoms with Crippen LogP contribution in [0.15, 0.2) is 48.5 Å². The largest absolute Gasteiger partial charge is 0.494 e. The smallest absolute Gasteiger partial charge is 0.262 e. The van der Waals surface area contributed by atoms with Crippen LogP contribution in [0.2, 0.25) is 0 Å². The fourth-order valence-corrected chi connectivity index (χ4v) is 3.24. The van der Waals surface area contributed by atoms with Crippen molar-refractivity contribution < 1.29 is 9.53 Å². The summed E-state index contributed by atoms with van der Waals surface area (Å²) >= 11 is 0. The number of carbonyl (C=O) groups excluding carboxylic acids is 1. The van der Waals surface area contributed by atoms with Crippen LogP contribution in [0.3, 0.4) is 0 Å². The molecule has 0 spiro atoms. The highest BCUT2D eigenvalue weighted by Gasteiger charge is 2.16. The molecule has 0 fully saturated rings. The van der Waals surface area contributed by atoms with E-state index in [2.05, 4.69) is 32.9 Å². The van der Waals surface area contributed by atoms with E-state index in [0.29, 0.717) is 18.1 Å². The molecule has 0 aliphatic heterocycles. The first-order chi connectivity index (χ1) is 12.5. The molecule has 3 aromatic rings. The summed E-state index contributed by atoms with van der Waals surface area (Å²) in [6.45, 7) is 9.19. The molecule has 0 aliphatic rings. The van der Waals surface area contributed by atoms with Gasteiger partial charge in [-0.2, -0.15) is 0 Å². The molecule has 3 nitrogen and oxygen atoms in total. The number of benzene rings is 2. The van der Waals surface area contributed by atoms with Crippen LogP contribution in [-0.4, -0.2) is 17.1 Å². The zero-order valence-electron chi connectivity index (χ0n) is 16.1. The van der Waals surface area contributed by atoms with Gasteiger partial charge in [-0.05, 0) is 67.6 Å². The van der Waals surface area contributed by atoms with Gasteiger partial charge in [-0.15, -0.1) is 0 Å². The van der Waals surface area contributed by atoms with E-state index < -0.39 is 0 Å². The first-order valence-corrected chi connectivity index (χ1v) is 9.38. The Balaban J connectivity index is 1.86. The van der Waals surface area contributed by atoms with Gasteiger partial charge in [0.15, 0.2) is 0 Å². The Morgan fingerprint density at radius 1 is 1.12 bits per heavy atom. The van der Waals surface area contributed by atoms with Crippen molar-refractivity contribution in [2.45, 2.75) is 40.5 Å². The lowest BCUT2D eigenvalue weighted by Crippen LogP contribution is -2.13. The average Bonchev–Trinajstić information content (AvgIpc) is 2.97. The standard InChI is InChI=1S/C23H27NO2/c1-5-18-7-6-8-22-21(18)15-17(4)24(22)23(25)19-9-11-20(12-10-19)26-14-13-16(2)3/h6-12,15-16H,5,13-14H2,1-4H3. The zero-order valence-corrected chi connectivity index (χ0v) is 16.1. The van der Waals surface area contributed by atoms with Crippen LogP contribution in [0.25, 0.3) is 10.9 Å². The normalized spacial score (nSPS) is 11.3. The number of ether oxygens (including phenoxy) is 1. The van der Waals surface area contributed by atoms with Crippen LogP contribution in [0.1, 0.15) is 48.8 Å². The van der Waals surface area contributed by atoms with Crippen LogP contribution in [0.4, 0.5) is 0 Å². The molecular formula is C23H27NO2. The molecule has 0 radical (unpaired) electrons. The van der Waals surface area contributed by atoms with Crippen LogP contribution in [0, 0.1) is 12.8 Å². The molecule has 136 valence electrons. The van der Waals surface area contributed by atoms with Gasteiger partial charge < -0.3 is 4.74 Å². The summed E-state index contributed by atoms with van der Waals surface area (Å²) in [6.07, 6.45) is 1.98. The predicted molar refractivity (Wildman–Crippen MR) is 107 cm³/mol. The maximum Gasteiger partial charge on any atom is 0.262 e. The summed E-state index contributed by atoms with van der Waals surface area (Å²) < 4.78 is 7.56. The van der Waals surface area contributed by atoms with Crippen molar-refractivity contribution in [2.75, 3.05) is 6.61 Å². The maximum atomic E-state index is 13.1. The van der Waals surface area contributed by atoms with Gasteiger partial charge in [-0.1, -0.05) is 32.9 Å². The number of carbonyl (C=O) groups is 1. The predicted octanol–water partition coefficient (Wildman–Crippen LogP) is 5.63. The Kier molecular flexibility index (Phi) is 5.46. The van der Waals surface area contributed by atoms with Gasteiger partial charge >= 0.3 is 0 Å². The second kappa shape index (κ2) is 7.77. The molecule has 1 aromatic heterocycles. The molecule has 0 atom stereocenters. The Morgan fingerprint density at radius 3 is 2.50 bits per heavy atom. The Hall–Kier alpha value is -2.55. The summed E-state index contributed by atoms with van der Waals surface area (Å²) in [5.41, 5.74) is 3.88. The van der Waals surface area contributed by atoms with Gasteiger partial charge in [-0.25, -0.2) is 0 Å². The van der Waals surface area contributed by atoms with Crippen LogP contribution in [0.5, 0.6) is 5.75 Å². The molecule has 26 heavy (non-hydrogen) atoms. The van der Waals surface area contributed by atoms with E-state index in [1.807, 2.05) is 47.9 Å². The lowest BCUT2D eigenvalue weighted by atomic mass is 10.1. The Labute approximate surface area is 155 Å². The van der Waals surface area contributed by atoms with Crippen LogP contribution >= 0.6 is 0 Å². The number of hydrogen-bond acceptors (Lipinski definition) is 2. The van der Waals surface area contributed by atoms with Crippen molar-refractivity contribution in [3.8, 4) is 5.75 Å². The lowest BCUT2D eigenvalue weighted by molar-refractivity contribution is 0.0963. The van der Waals surface area contributed by atoms with E-state index in [-0.39, 0.29) is 5.91 Å². The van der Waals surface area contributed by atoms with E-state index in [9.17, 15) is 4.79 Å². The molecule has 0 bridgehead atoms. The topological polar surface area (TPSA) is 31.2 Å². The molecule has 2 aromatic carbocycles. The van der Waals surface area contributed by atoms with Crippen molar-refractivity contribution in [3.05, 3.63) is 65.4 Å². The number of aromatic nitrogens is 1. The number of fused-ring (bicyclic) bond motifs is 1. The summed E-state index contributed by atoms with van der Waals surface area (Å²) in [4.78, 5) is 13.1. The van der Waals surface area contributed by atoms with E-state index in [1.165, 1.54) is 5.56 Å². The first-order valence-electron chi connectivity index (χ1n) is 9.38. The minimum absolute atomic E-state index is 0.000478. The minimum atomic E-state index is -0.000478.